The summed E-state index contributed by atoms with van der Waals surface area (Å²) in [5.41, 5.74) is 5.86. The van der Waals surface area contributed by atoms with Crippen molar-refractivity contribution in [3.8, 4) is 23.6 Å². The van der Waals surface area contributed by atoms with Crippen LogP contribution < -0.4 is 10.6 Å². The fraction of sp³-hybridized carbons (Fsp3) is 0.296. The molecule has 0 aromatic carbocycles. The second-order valence-electron chi connectivity index (χ2n) is 8.65. The molecule has 1 aliphatic heterocycles. The number of fused-ring (bicyclic) bond motifs is 2. The molecule has 3 aromatic rings. The van der Waals surface area contributed by atoms with E-state index in [9.17, 15) is 0 Å². The molecule has 166 valence electrons. The first-order valence-electron chi connectivity index (χ1n) is 11.5. The van der Waals surface area contributed by atoms with Gasteiger partial charge in [-0.15, -0.1) is 6.42 Å². The summed E-state index contributed by atoms with van der Waals surface area (Å²) in [6.45, 7) is 5.19. The largest absolute Gasteiger partial charge is 0.384 e. The van der Waals surface area contributed by atoms with Gasteiger partial charge >= 0.3 is 0 Å². The summed E-state index contributed by atoms with van der Waals surface area (Å²) in [4.78, 5) is 13.9. The highest BCUT2D eigenvalue weighted by Gasteiger charge is 2.26. The van der Waals surface area contributed by atoms with E-state index in [1.165, 1.54) is 11.3 Å². The van der Waals surface area contributed by atoms with Crippen LogP contribution in [0.15, 0.2) is 66.9 Å². The Morgan fingerprint density at radius 3 is 2.97 bits per heavy atom. The standard InChI is InChI=1S/C27H28N6/c1-4-18(3)25-16-31-27-26(29-11-10-20-15-30-23-9-7-6-8-22(20)23)32-24(17-33(25)27)21-12-19(5-2)13-28-14-21/h2,6-9,12-18,22-23,30H,4,10-11H2,1,3H3,(H,29,32). The number of hydrogen-bond donors (Lipinski definition) is 2. The highest BCUT2D eigenvalue weighted by molar-refractivity contribution is 5.70. The number of allylic oxidation sites excluding steroid dienone is 2. The molecule has 2 N–H and O–H groups in total. The molecule has 3 atom stereocenters. The molecule has 0 amide bonds. The number of aromatic nitrogens is 4. The van der Waals surface area contributed by atoms with Gasteiger partial charge in [-0.25, -0.2) is 9.97 Å². The minimum Gasteiger partial charge on any atom is -0.384 e. The lowest BCUT2D eigenvalue weighted by Gasteiger charge is -2.19. The number of rotatable bonds is 7. The average molecular weight is 437 g/mol. The van der Waals surface area contributed by atoms with Crippen LogP contribution in [0.4, 0.5) is 5.82 Å². The molecule has 6 nitrogen and oxygen atoms in total. The van der Waals surface area contributed by atoms with Crippen molar-refractivity contribution in [2.24, 2.45) is 5.92 Å². The minimum atomic E-state index is 0.375. The lowest BCUT2D eigenvalue weighted by Crippen LogP contribution is -2.25. The van der Waals surface area contributed by atoms with Gasteiger partial charge in [-0.1, -0.05) is 44.1 Å². The van der Waals surface area contributed by atoms with Gasteiger partial charge in [0.05, 0.1) is 11.7 Å². The predicted octanol–water partition coefficient (Wildman–Crippen LogP) is 4.69. The first kappa shape index (κ1) is 21.0. The van der Waals surface area contributed by atoms with Crippen LogP contribution in [0.1, 0.15) is 43.9 Å². The van der Waals surface area contributed by atoms with Gasteiger partial charge in [-0.3, -0.25) is 9.38 Å². The van der Waals surface area contributed by atoms with Gasteiger partial charge in [-0.05, 0) is 36.6 Å². The monoisotopic (exact) mass is 436 g/mol. The number of nitrogens with one attached hydrogen (secondary N) is 2. The van der Waals surface area contributed by atoms with E-state index in [2.05, 4.69) is 70.3 Å². The van der Waals surface area contributed by atoms with Gasteiger partial charge in [0.2, 0.25) is 0 Å². The van der Waals surface area contributed by atoms with Crippen molar-refractivity contribution in [2.45, 2.75) is 38.6 Å². The Balaban J connectivity index is 1.45. The SMILES string of the molecule is C#Cc1cncc(-c2cn3c(C(C)CC)cnc3c(NCCC3=CNC4C=CC=CC34)n2)c1. The van der Waals surface area contributed by atoms with Crippen molar-refractivity contribution >= 4 is 11.5 Å². The Hall–Kier alpha value is -3.85. The zero-order chi connectivity index (χ0) is 22.8. The highest BCUT2D eigenvalue weighted by atomic mass is 15.1. The van der Waals surface area contributed by atoms with Crippen LogP contribution in [-0.2, 0) is 0 Å². The molecule has 0 bridgehead atoms. The van der Waals surface area contributed by atoms with E-state index in [-0.39, 0.29) is 0 Å². The van der Waals surface area contributed by atoms with Gasteiger partial charge < -0.3 is 10.6 Å². The Labute approximate surface area is 194 Å². The minimum absolute atomic E-state index is 0.375. The Bertz CT molecular complexity index is 1310. The normalized spacial score (nSPS) is 19.6. The summed E-state index contributed by atoms with van der Waals surface area (Å²) in [7, 11) is 0. The lowest BCUT2D eigenvalue weighted by atomic mass is 9.90. The number of pyridine rings is 1. The third kappa shape index (κ3) is 4.03. The summed E-state index contributed by atoms with van der Waals surface area (Å²) in [5.74, 6) is 4.25. The van der Waals surface area contributed by atoms with E-state index in [4.69, 9.17) is 16.4 Å². The van der Waals surface area contributed by atoms with Crippen molar-refractivity contribution in [1.29, 1.82) is 0 Å². The molecule has 5 rings (SSSR count). The fourth-order valence-corrected chi connectivity index (χ4v) is 4.48. The third-order valence-corrected chi connectivity index (χ3v) is 6.57. The van der Waals surface area contributed by atoms with Gasteiger partial charge in [0.1, 0.15) is 0 Å². The summed E-state index contributed by atoms with van der Waals surface area (Å²) in [5, 5.41) is 7.02. The first-order chi connectivity index (χ1) is 16.2. The average Bonchev–Trinajstić information content (AvgIpc) is 3.48. The number of terminal acetylenes is 1. The molecule has 3 unspecified atom stereocenters. The van der Waals surface area contributed by atoms with Crippen LogP contribution in [0.25, 0.3) is 16.9 Å². The Kier molecular flexibility index (Phi) is 5.70. The molecular formula is C27H28N6. The van der Waals surface area contributed by atoms with Crippen LogP contribution in [0.2, 0.25) is 0 Å². The van der Waals surface area contributed by atoms with Gasteiger partial charge in [0.15, 0.2) is 11.5 Å². The van der Waals surface area contributed by atoms with Crippen molar-refractivity contribution in [3.05, 3.63) is 78.2 Å². The molecule has 0 saturated carbocycles. The molecule has 0 spiro atoms. The van der Waals surface area contributed by atoms with E-state index in [1.54, 1.807) is 12.4 Å². The van der Waals surface area contributed by atoms with Crippen LogP contribution in [0, 0.1) is 18.3 Å². The molecule has 2 aliphatic rings. The molecular weight excluding hydrogens is 408 g/mol. The maximum absolute atomic E-state index is 5.60. The second-order valence-corrected chi connectivity index (χ2v) is 8.65. The molecule has 6 heteroatoms. The third-order valence-electron chi connectivity index (χ3n) is 6.57. The van der Waals surface area contributed by atoms with E-state index >= 15 is 0 Å². The zero-order valence-corrected chi connectivity index (χ0v) is 19.0. The molecule has 0 saturated heterocycles. The van der Waals surface area contributed by atoms with E-state index < -0.39 is 0 Å². The molecule has 4 heterocycles. The van der Waals surface area contributed by atoms with E-state index in [0.29, 0.717) is 17.9 Å². The summed E-state index contributed by atoms with van der Waals surface area (Å²) in [6, 6.07) is 2.32. The number of imidazole rings is 1. The molecule has 3 aromatic heterocycles. The van der Waals surface area contributed by atoms with Crippen LogP contribution >= 0.6 is 0 Å². The summed E-state index contributed by atoms with van der Waals surface area (Å²) < 4.78 is 2.16. The van der Waals surface area contributed by atoms with Gasteiger partial charge in [0, 0.05) is 54.1 Å². The van der Waals surface area contributed by atoms with Crippen molar-refractivity contribution in [3.63, 3.8) is 0 Å². The van der Waals surface area contributed by atoms with Gasteiger partial charge in [-0.2, -0.15) is 0 Å². The molecule has 1 aliphatic carbocycles. The van der Waals surface area contributed by atoms with E-state index in [1.807, 2.05) is 18.5 Å². The van der Waals surface area contributed by atoms with E-state index in [0.717, 1.165) is 47.7 Å². The van der Waals surface area contributed by atoms with Crippen LogP contribution in [0.5, 0.6) is 0 Å². The van der Waals surface area contributed by atoms with Crippen LogP contribution in [0.3, 0.4) is 0 Å². The Morgan fingerprint density at radius 2 is 2.12 bits per heavy atom. The van der Waals surface area contributed by atoms with Crippen LogP contribution in [-0.4, -0.2) is 31.9 Å². The number of nitrogens with zero attached hydrogens (tertiary/aromatic N) is 4. The smallest absolute Gasteiger partial charge is 0.180 e. The molecule has 0 fully saturated rings. The van der Waals surface area contributed by atoms with Crippen molar-refractivity contribution in [2.75, 3.05) is 11.9 Å². The van der Waals surface area contributed by atoms with Gasteiger partial charge in [0.25, 0.3) is 0 Å². The highest BCUT2D eigenvalue weighted by Crippen LogP contribution is 2.30. The topological polar surface area (TPSA) is 67.1 Å². The Morgan fingerprint density at radius 1 is 1.24 bits per heavy atom. The quantitative estimate of drug-likeness (QED) is 0.526. The van der Waals surface area contributed by atoms with Crippen molar-refractivity contribution in [1.82, 2.24) is 24.7 Å². The maximum Gasteiger partial charge on any atom is 0.180 e. The predicted molar refractivity (Wildman–Crippen MR) is 133 cm³/mol. The first-order valence-corrected chi connectivity index (χ1v) is 11.5. The lowest BCUT2D eigenvalue weighted by molar-refractivity contribution is 0.620. The zero-order valence-electron chi connectivity index (χ0n) is 19.0. The summed E-state index contributed by atoms with van der Waals surface area (Å²) in [6.07, 6.45) is 25.9. The molecule has 0 radical (unpaired) electrons. The second kappa shape index (κ2) is 8.95. The van der Waals surface area contributed by atoms with Crippen molar-refractivity contribution < 1.29 is 0 Å². The fourth-order valence-electron chi connectivity index (χ4n) is 4.48. The maximum atomic E-state index is 5.60. The summed E-state index contributed by atoms with van der Waals surface area (Å²) >= 11 is 0. The number of hydrogen-bond acceptors (Lipinski definition) is 5. The number of anilines is 1. The molecule has 33 heavy (non-hydrogen) atoms.